The summed E-state index contributed by atoms with van der Waals surface area (Å²) in [6.07, 6.45) is 0.946. The number of methoxy groups -OCH3 is 1. The molecule has 3 N–H and O–H groups in total. The van der Waals surface area contributed by atoms with Crippen molar-refractivity contribution in [1.29, 1.82) is 0 Å². The van der Waals surface area contributed by atoms with Crippen molar-refractivity contribution in [3.05, 3.63) is 56.6 Å². The predicted octanol–water partition coefficient (Wildman–Crippen LogP) is 2.36. The Morgan fingerprint density at radius 1 is 1.35 bits per heavy atom. The number of carbonyl (C=O) groups excluding carboxylic acids is 1. The van der Waals surface area contributed by atoms with Crippen molar-refractivity contribution in [2.75, 3.05) is 7.11 Å². The molecule has 0 spiro atoms. The van der Waals surface area contributed by atoms with E-state index in [2.05, 4.69) is 10.5 Å². The van der Waals surface area contributed by atoms with E-state index in [1.165, 1.54) is 7.11 Å². The minimum atomic E-state index is -0.810. The van der Waals surface area contributed by atoms with E-state index in [0.717, 1.165) is 18.3 Å². The van der Waals surface area contributed by atoms with Crippen LogP contribution >= 0.6 is 11.6 Å². The summed E-state index contributed by atoms with van der Waals surface area (Å²) in [5, 5.41) is 33.9. The van der Waals surface area contributed by atoms with Gasteiger partial charge in [-0.2, -0.15) is 5.10 Å². The molecule has 10 heteroatoms. The Morgan fingerprint density at radius 2 is 2.08 bits per heavy atom. The number of nitro groups is 1. The molecule has 136 valence electrons. The topological polar surface area (TPSA) is 134 Å². The van der Waals surface area contributed by atoms with Crippen LogP contribution in [0.5, 0.6) is 17.2 Å². The molecule has 0 heterocycles. The van der Waals surface area contributed by atoms with Crippen LogP contribution in [0, 0.1) is 10.1 Å². The van der Waals surface area contributed by atoms with Crippen LogP contribution in [0.3, 0.4) is 0 Å². The average molecular weight is 380 g/mol. The molecule has 0 aliphatic heterocycles. The quantitative estimate of drug-likeness (QED) is 0.400. The molecule has 0 aromatic heterocycles. The molecule has 0 atom stereocenters. The van der Waals surface area contributed by atoms with Crippen LogP contribution in [0.1, 0.15) is 11.1 Å². The lowest BCUT2D eigenvalue weighted by Gasteiger charge is -2.06. The Morgan fingerprint density at radius 3 is 2.73 bits per heavy atom. The largest absolute Gasteiger partial charge is 0.507 e. The molecule has 9 nitrogen and oxygen atoms in total. The summed E-state index contributed by atoms with van der Waals surface area (Å²) < 4.78 is 5.06. The molecule has 2 aromatic carbocycles. The van der Waals surface area contributed by atoms with Crippen molar-refractivity contribution in [3.63, 3.8) is 0 Å². The van der Waals surface area contributed by atoms with Crippen LogP contribution in [0.15, 0.2) is 35.4 Å². The van der Waals surface area contributed by atoms with Crippen LogP contribution in [0.4, 0.5) is 5.69 Å². The molecule has 0 unspecified atom stereocenters. The summed E-state index contributed by atoms with van der Waals surface area (Å²) in [4.78, 5) is 21.9. The number of hydrazone groups is 1. The first kappa shape index (κ1) is 19.0. The number of nitro benzene ring substituents is 1. The number of aromatic hydroxyl groups is 2. The van der Waals surface area contributed by atoms with Crippen molar-refractivity contribution in [2.45, 2.75) is 6.42 Å². The third-order valence-corrected chi connectivity index (χ3v) is 3.69. The minimum absolute atomic E-state index is 0.0470. The number of phenols is 2. The highest BCUT2D eigenvalue weighted by Gasteiger charge is 2.16. The standard InChI is InChI=1S/C16H14ClN3O6/c1-26-11-2-3-12(17)9(4-11)6-16(23)19-18-8-10-5-13(20(24)25)15(22)7-14(10)21/h2-5,7-8,21-22H,6H2,1H3,(H,19,23)/b18-8+. The summed E-state index contributed by atoms with van der Waals surface area (Å²) in [5.41, 5.74) is 2.11. The average Bonchev–Trinajstić information content (AvgIpc) is 2.58. The Balaban J connectivity index is 2.08. The van der Waals surface area contributed by atoms with Crippen molar-refractivity contribution < 1.29 is 24.7 Å². The number of amides is 1. The molecule has 26 heavy (non-hydrogen) atoms. The first-order chi connectivity index (χ1) is 12.3. The van der Waals surface area contributed by atoms with Gasteiger partial charge in [-0.1, -0.05) is 11.6 Å². The predicted molar refractivity (Wildman–Crippen MR) is 93.9 cm³/mol. The Kier molecular flexibility index (Phi) is 5.97. The third kappa shape index (κ3) is 4.61. The summed E-state index contributed by atoms with van der Waals surface area (Å²) >= 11 is 6.02. The molecule has 2 rings (SSSR count). The fourth-order valence-electron chi connectivity index (χ4n) is 2.03. The smallest absolute Gasteiger partial charge is 0.311 e. The third-order valence-electron chi connectivity index (χ3n) is 3.32. The zero-order valence-corrected chi connectivity index (χ0v) is 14.2. The molecule has 0 saturated carbocycles. The van der Waals surface area contributed by atoms with Gasteiger partial charge in [-0.05, 0) is 23.8 Å². The number of carbonyl (C=O) groups is 1. The van der Waals surface area contributed by atoms with Gasteiger partial charge in [0.15, 0.2) is 5.75 Å². The maximum Gasteiger partial charge on any atom is 0.311 e. The molecule has 0 fully saturated rings. The van der Waals surface area contributed by atoms with E-state index in [9.17, 15) is 25.1 Å². The Labute approximate surface area is 152 Å². The minimum Gasteiger partial charge on any atom is -0.507 e. The van der Waals surface area contributed by atoms with Crippen LogP contribution in [-0.4, -0.2) is 34.4 Å². The highest BCUT2D eigenvalue weighted by molar-refractivity contribution is 6.31. The van der Waals surface area contributed by atoms with E-state index in [4.69, 9.17) is 16.3 Å². The Hall–Kier alpha value is -3.33. The second-order valence-electron chi connectivity index (χ2n) is 5.08. The zero-order valence-electron chi connectivity index (χ0n) is 13.5. The van der Waals surface area contributed by atoms with Gasteiger partial charge < -0.3 is 14.9 Å². The SMILES string of the molecule is COc1ccc(Cl)c(CC(=O)N/N=C/c2cc([N+](=O)[O-])c(O)cc2O)c1. The highest BCUT2D eigenvalue weighted by atomic mass is 35.5. The molecular formula is C16H14ClN3O6. The number of rotatable bonds is 6. The summed E-state index contributed by atoms with van der Waals surface area (Å²) in [6.45, 7) is 0. The number of ether oxygens (including phenoxy) is 1. The maximum atomic E-state index is 11.9. The zero-order chi connectivity index (χ0) is 19.3. The molecule has 0 bridgehead atoms. The van der Waals surface area contributed by atoms with Crippen molar-refractivity contribution >= 4 is 29.4 Å². The van der Waals surface area contributed by atoms with Crippen LogP contribution in [0.2, 0.25) is 5.02 Å². The molecule has 0 saturated heterocycles. The van der Waals surface area contributed by atoms with Crippen molar-refractivity contribution in [1.82, 2.24) is 5.43 Å². The summed E-state index contributed by atoms with van der Waals surface area (Å²) in [7, 11) is 1.49. The maximum absolute atomic E-state index is 11.9. The van der Waals surface area contributed by atoms with Crippen LogP contribution in [-0.2, 0) is 11.2 Å². The van der Waals surface area contributed by atoms with Gasteiger partial charge in [0.25, 0.3) is 0 Å². The van der Waals surface area contributed by atoms with E-state index in [0.29, 0.717) is 16.3 Å². The summed E-state index contributed by atoms with van der Waals surface area (Å²) in [5.74, 6) is -1.06. The number of nitrogens with zero attached hydrogens (tertiary/aromatic N) is 2. The van der Waals surface area contributed by atoms with Gasteiger partial charge in [0, 0.05) is 22.7 Å². The monoisotopic (exact) mass is 379 g/mol. The number of hydrogen-bond donors (Lipinski definition) is 3. The van der Waals surface area contributed by atoms with E-state index in [1.54, 1.807) is 18.2 Å². The fraction of sp³-hybridized carbons (Fsp3) is 0.125. The van der Waals surface area contributed by atoms with E-state index < -0.39 is 28.0 Å². The molecule has 2 aromatic rings. The van der Waals surface area contributed by atoms with Gasteiger partial charge in [-0.15, -0.1) is 0 Å². The number of phenolic OH excluding ortho intramolecular Hbond substituents is 2. The van der Waals surface area contributed by atoms with Crippen LogP contribution < -0.4 is 10.2 Å². The van der Waals surface area contributed by atoms with Gasteiger partial charge in [0.05, 0.1) is 24.7 Å². The molecular weight excluding hydrogens is 366 g/mol. The lowest BCUT2D eigenvalue weighted by Crippen LogP contribution is -2.20. The van der Waals surface area contributed by atoms with Gasteiger partial charge in [0.2, 0.25) is 5.91 Å². The molecule has 1 amide bonds. The first-order valence-electron chi connectivity index (χ1n) is 7.16. The molecule has 0 aliphatic rings. The number of halogens is 1. The lowest BCUT2D eigenvalue weighted by molar-refractivity contribution is -0.385. The van der Waals surface area contributed by atoms with Gasteiger partial charge in [0.1, 0.15) is 11.5 Å². The number of nitrogens with one attached hydrogen (secondary N) is 1. The van der Waals surface area contributed by atoms with E-state index in [-0.39, 0.29) is 12.0 Å². The number of hydrogen-bond acceptors (Lipinski definition) is 7. The van der Waals surface area contributed by atoms with Gasteiger partial charge in [-0.3, -0.25) is 14.9 Å². The first-order valence-corrected chi connectivity index (χ1v) is 7.54. The van der Waals surface area contributed by atoms with Crippen molar-refractivity contribution in [2.24, 2.45) is 5.10 Å². The van der Waals surface area contributed by atoms with E-state index >= 15 is 0 Å². The Bertz CT molecular complexity index is 885. The molecule has 0 radical (unpaired) electrons. The van der Waals surface area contributed by atoms with Gasteiger partial charge in [-0.25, -0.2) is 5.43 Å². The van der Waals surface area contributed by atoms with Crippen LogP contribution in [0.25, 0.3) is 0 Å². The highest BCUT2D eigenvalue weighted by Crippen LogP contribution is 2.31. The fourth-order valence-corrected chi connectivity index (χ4v) is 2.22. The molecule has 0 aliphatic carbocycles. The van der Waals surface area contributed by atoms with E-state index in [1.807, 2.05) is 0 Å². The summed E-state index contributed by atoms with van der Waals surface area (Å²) in [6, 6.07) is 6.61. The second-order valence-corrected chi connectivity index (χ2v) is 5.49. The normalized spacial score (nSPS) is 10.7. The van der Waals surface area contributed by atoms with Crippen molar-refractivity contribution in [3.8, 4) is 17.2 Å². The number of benzene rings is 2. The lowest BCUT2D eigenvalue weighted by atomic mass is 10.1. The second kappa shape index (κ2) is 8.17. The van der Waals surface area contributed by atoms with Gasteiger partial charge >= 0.3 is 5.69 Å².